The third-order valence-electron chi connectivity index (χ3n) is 3.95. The largest absolute Gasteiger partial charge is 0.327 e. The molecule has 2 N–H and O–H groups in total. The second-order valence-electron chi connectivity index (χ2n) is 5.22. The van der Waals surface area contributed by atoms with Gasteiger partial charge in [-0.25, -0.2) is 4.39 Å². The molecule has 0 amide bonds. The van der Waals surface area contributed by atoms with Crippen LogP contribution in [0.25, 0.3) is 0 Å². The number of rotatable bonds is 2. The van der Waals surface area contributed by atoms with Crippen molar-refractivity contribution in [2.75, 3.05) is 0 Å². The minimum atomic E-state index is -0.158. The van der Waals surface area contributed by atoms with Gasteiger partial charge in [-0.1, -0.05) is 12.1 Å². The monoisotopic (exact) mass is 328 g/mol. The average molecular weight is 329 g/mol. The van der Waals surface area contributed by atoms with Crippen LogP contribution in [0.5, 0.6) is 0 Å². The standard InChI is InChI=1S/C16H17FN2.2ClH/c17-13-4-5-14-12(9-13)3-6-16(18)15(14)8-11-2-1-7-19-10-11;;/h1-2,4-5,7,9-10,15-16H,3,6,8,18H2;2*1H. The third-order valence-corrected chi connectivity index (χ3v) is 3.95. The predicted octanol–water partition coefficient (Wildman–Crippen LogP) is 3.66. The Morgan fingerprint density at radius 1 is 1.24 bits per heavy atom. The van der Waals surface area contributed by atoms with Gasteiger partial charge in [0.1, 0.15) is 5.82 Å². The molecule has 1 aliphatic carbocycles. The van der Waals surface area contributed by atoms with Crippen molar-refractivity contribution < 1.29 is 4.39 Å². The Kier molecular flexibility index (Phi) is 6.59. The van der Waals surface area contributed by atoms with Gasteiger partial charge < -0.3 is 5.73 Å². The molecule has 3 rings (SSSR count). The zero-order valence-electron chi connectivity index (χ0n) is 11.5. The fraction of sp³-hybridized carbons (Fsp3) is 0.312. The highest BCUT2D eigenvalue weighted by molar-refractivity contribution is 5.85. The molecular formula is C16H19Cl2FN2. The molecule has 2 aromatic rings. The van der Waals surface area contributed by atoms with Crippen molar-refractivity contribution >= 4 is 24.8 Å². The van der Waals surface area contributed by atoms with Gasteiger partial charge >= 0.3 is 0 Å². The minimum Gasteiger partial charge on any atom is -0.327 e. The Labute approximate surface area is 136 Å². The van der Waals surface area contributed by atoms with Crippen molar-refractivity contribution in [1.29, 1.82) is 0 Å². The lowest BCUT2D eigenvalue weighted by molar-refractivity contribution is 0.464. The first-order valence-corrected chi connectivity index (χ1v) is 6.67. The van der Waals surface area contributed by atoms with Crippen LogP contribution in [0, 0.1) is 5.82 Å². The van der Waals surface area contributed by atoms with Gasteiger partial charge in [-0.05, 0) is 54.2 Å². The molecule has 0 aliphatic heterocycles. The molecule has 1 aromatic carbocycles. The van der Waals surface area contributed by atoms with Crippen LogP contribution in [0.3, 0.4) is 0 Å². The number of pyridine rings is 1. The summed E-state index contributed by atoms with van der Waals surface area (Å²) in [7, 11) is 0. The molecule has 2 nitrogen and oxygen atoms in total. The second-order valence-corrected chi connectivity index (χ2v) is 5.22. The number of benzene rings is 1. The highest BCUT2D eigenvalue weighted by Gasteiger charge is 2.27. The molecule has 1 aromatic heterocycles. The maximum absolute atomic E-state index is 13.3. The van der Waals surface area contributed by atoms with Gasteiger partial charge in [0.05, 0.1) is 0 Å². The molecule has 0 saturated heterocycles. The summed E-state index contributed by atoms with van der Waals surface area (Å²) in [5.74, 6) is 0.0999. The van der Waals surface area contributed by atoms with Crippen molar-refractivity contribution in [1.82, 2.24) is 4.98 Å². The summed E-state index contributed by atoms with van der Waals surface area (Å²) < 4.78 is 13.3. The van der Waals surface area contributed by atoms with Crippen molar-refractivity contribution in [3.8, 4) is 0 Å². The molecule has 21 heavy (non-hydrogen) atoms. The molecule has 1 heterocycles. The Morgan fingerprint density at radius 3 is 2.76 bits per heavy atom. The van der Waals surface area contributed by atoms with E-state index in [-0.39, 0.29) is 42.6 Å². The van der Waals surface area contributed by atoms with E-state index in [1.54, 1.807) is 12.3 Å². The molecule has 0 radical (unpaired) electrons. The van der Waals surface area contributed by atoms with Crippen LogP contribution in [0.15, 0.2) is 42.7 Å². The van der Waals surface area contributed by atoms with Crippen LogP contribution in [0.4, 0.5) is 4.39 Å². The lowest BCUT2D eigenvalue weighted by atomic mass is 9.77. The molecule has 2 unspecified atom stereocenters. The van der Waals surface area contributed by atoms with Crippen molar-refractivity contribution in [3.05, 3.63) is 65.2 Å². The quantitative estimate of drug-likeness (QED) is 0.913. The van der Waals surface area contributed by atoms with Crippen LogP contribution in [0.2, 0.25) is 0 Å². The normalized spacial score (nSPS) is 19.9. The van der Waals surface area contributed by atoms with Crippen LogP contribution in [-0.2, 0) is 12.8 Å². The summed E-state index contributed by atoms with van der Waals surface area (Å²) in [5.41, 5.74) is 9.75. The van der Waals surface area contributed by atoms with Crippen LogP contribution >= 0.6 is 24.8 Å². The summed E-state index contributed by atoms with van der Waals surface area (Å²) >= 11 is 0. The fourth-order valence-electron chi connectivity index (χ4n) is 2.94. The number of hydrogen-bond donors (Lipinski definition) is 1. The van der Waals surface area contributed by atoms with Crippen molar-refractivity contribution in [2.45, 2.75) is 31.2 Å². The third kappa shape index (κ3) is 3.94. The molecule has 0 bridgehead atoms. The Hall–Kier alpha value is -1.16. The van der Waals surface area contributed by atoms with Crippen LogP contribution < -0.4 is 5.73 Å². The molecule has 1 aliphatic rings. The van der Waals surface area contributed by atoms with Crippen LogP contribution in [-0.4, -0.2) is 11.0 Å². The molecule has 2 atom stereocenters. The molecule has 114 valence electrons. The maximum Gasteiger partial charge on any atom is 0.123 e. The number of halogens is 3. The average Bonchev–Trinajstić information content (AvgIpc) is 2.43. The molecule has 0 fully saturated rings. The molecular weight excluding hydrogens is 310 g/mol. The van der Waals surface area contributed by atoms with Gasteiger partial charge in [0.15, 0.2) is 0 Å². The Morgan fingerprint density at radius 2 is 2.05 bits per heavy atom. The molecule has 0 saturated carbocycles. The zero-order chi connectivity index (χ0) is 13.2. The SMILES string of the molecule is Cl.Cl.NC1CCc2cc(F)ccc2C1Cc1cccnc1. The molecule has 5 heteroatoms. The number of fused-ring (bicyclic) bond motifs is 1. The van der Waals surface area contributed by atoms with E-state index in [9.17, 15) is 4.39 Å². The number of hydrogen-bond acceptors (Lipinski definition) is 2. The maximum atomic E-state index is 13.3. The van der Waals surface area contributed by atoms with E-state index in [4.69, 9.17) is 5.73 Å². The summed E-state index contributed by atoms with van der Waals surface area (Å²) in [4.78, 5) is 4.14. The van der Waals surface area contributed by atoms with E-state index in [0.717, 1.165) is 24.8 Å². The number of aromatic nitrogens is 1. The van der Waals surface area contributed by atoms with E-state index < -0.39 is 0 Å². The van der Waals surface area contributed by atoms with Gasteiger partial charge in [-0.2, -0.15) is 0 Å². The highest BCUT2D eigenvalue weighted by atomic mass is 35.5. The summed E-state index contributed by atoms with van der Waals surface area (Å²) in [6, 6.07) is 9.22. The number of nitrogens with two attached hydrogens (primary N) is 1. The smallest absolute Gasteiger partial charge is 0.123 e. The van der Waals surface area contributed by atoms with E-state index in [2.05, 4.69) is 11.1 Å². The second kappa shape index (κ2) is 7.74. The lowest BCUT2D eigenvalue weighted by Crippen LogP contribution is -2.34. The van der Waals surface area contributed by atoms with Crippen LogP contribution in [0.1, 0.15) is 29.0 Å². The lowest BCUT2D eigenvalue weighted by Gasteiger charge is -2.31. The number of nitrogens with zero attached hydrogens (tertiary/aromatic N) is 1. The number of aryl methyl sites for hydroxylation is 1. The summed E-state index contributed by atoms with van der Waals surface area (Å²) in [5, 5.41) is 0. The van der Waals surface area contributed by atoms with Gasteiger partial charge in [-0.15, -0.1) is 24.8 Å². The van der Waals surface area contributed by atoms with Crippen molar-refractivity contribution in [2.24, 2.45) is 5.73 Å². The Bertz CT molecular complexity index is 578. The summed E-state index contributed by atoms with van der Waals surface area (Å²) in [6.07, 6.45) is 6.31. The van der Waals surface area contributed by atoms with Gasteiger partial charge in [0.25, 0.3) is 0 Å². The fourth-order valence-corrected chi connectivity index (χ4v) is 2.94. The highest BCUT2D eigenvalue weighted by Crippen LogP contribution is 2.33. The van der Waals surface area contributed by atoms with Gasteiger partial charge in [-0.3, -0.25) is 4.98 Å². The first kappa shape index (κ1) is 17.9. The first-order valence-electron chi connectivity index (χ1n) is 6.67. The van der Waals surface area contributed by atoms with E-state index >= 15 is 0 Å². The summed E-state index contributed by atoms with van der Waals surface area (Å²) in [6.45, 7) is 0. The van der Waals surface area contributed by atoms with E-state index in [1.165, 1.54) is 17.2 Å². The topological polar surface area (TPSA) is 38.9 Å². The van der Waals surface area contributed by atoms with Crippen molar-refractivity contribution in [3.63, 3.8) is 0 Å². The van der Waals surface area contributed by atoms with E-state index in [1.807, 2.05) is 18.3 Å². The van der Waals surface area contributed by atoms with Gasteiger partial charge in [0.2, 0.25) is 0 Å². The molecule has 0 spiro atoms. The first-order chi connectivity index (χ1) is 9.24. The van der Waals surface area contributed by atoms with E-state index in [0.29, 0.717) is 0 Å². The van der Waals surface area contributed by atoms with Gasteiger partial charge in [0, 0.05) is 24.4 Å². The predicted molar refractivity (Wildman–Crippen MR) is 87.9 cm³/mol. The zero-order valence-corrected chi connectivity index (χ0v) is 13.2. The minimum absolute atomic E-state index is 0. The Balaban J connectivity index is 0.00000110.